The Morgan fingerprint density at radius 3 is 2.88 bits per heavy atom. The number of hydrogen-bond acceptors (Lipinski definition) is 3. The molecule has 0 radical (unpaired) electrons. The molecule has 5 nitrogen and oxygen atoms in total. The van der Waals surface area contributed by atoms with Gasteiger partial charge in [-0.05, 0) is 32.6 Å². The molecule has 1 saturated carbocycles. The minimum atomic E-state index is -0.961. The molecule has 17 heavy (non-hydrogen) atoms. The van der Waals surface area contributed by atoms with E-state index in [2.05, 4.69) is 5.10 Å². The van der Waals surface area contributed by atoms with Gasteiger partial charge in [0, 0.05) is 17.2 Å². The van der Waals surface area contributed by atoms with Gasteiger partial charge >= 0.3 is 5.97 Å². The van der Waals surface area contributed by atoms with Crippen LogP contribution in [0.5, 0.6) is 0 Å². The molecule has 1 heterocycles. The molecule has 0 aliphatic heterocycles. The van der Waals surface area contributed by atoms with Gasteiger partial charge in [0.2, 0.25) is 0 Å². The highest BCUT2D eigenvalue weighted by molar-refractivity contribution is 5.88. The first-order chi connectivity index (χ1) is 7.87. The fraction of sp³-hybridized carbons (Fsp3) is 0.667. The molecule has 5 heteroatoms. The van der Waals surface area contributed by atoms with Crippen LogP contribution in [0.1, 0.15) is 47.9 Å². The normalized spacial score (nSPS) is 25.6. The zero-order valence-electron chi connectivity index (χ0n) is 9.97. The zero-order valence-corrected chi connectivity index (χ0v) is 9.97. The number of carboxylic acid groups (broad SMARTS) is 1. The molecule has 1 fully saturated rings. The van der Waals surface area contributed by atoms with Gasteiger partial charge in [-0.2, -0.15) is 5.10 Å². The fourth-order valence-electron chi connectivity index (χ4n) is 2.86. The molecule has 0 amide bonds. The van der Waals surface area contributed by atoms with E-state index >= 15 is 0 Å². The summed E-state index contributed by atoms with van der Waals surface area (Å²) in [5.41, 5.74) is 1.25. The molecule has 2 aliphatic rings. The van der Waals surface area contributed by atoms with E-state index in [0.717, 1.165) is 24.1 Å². The summed E-state index contributed by atoms with van der Waals surface area (Å²) in [6.07, 6.45) is 1.98. The second kappa shape index (κ2) is 3.10. The van der Waals surface area contributed by atoms with Crippen molar-refractivity contribution in [2.45, 2.75) is 44.8 Å². The highest BCUT2D eigenvalue weighted by Gasteiger charge is 2.50. The van der Waals surface area contributed by atoms with Crippen molar-refractivity contribution in [3.63, 3.8) is 0 Å². The number of rotatable bonds is 3. The number of aromatic nitrogens is 2. The van der Waals surface area contributed by atoms with Gasteiger partial charge in [-0.15, -0.1) is 0 Å². The number of fused-ring (bicyclic) bond motifs is 3. The molecule has 2 aliphatic carbocycles. The summed E-state index contributed by atoms with van der Waals surface area (Å²) >= 11 is 0. The van der Waals surface area contributed by atoms with Gasteiger partial charge in [0.1, 0.15) is 0 Å². The minimum absolute atomic E-state index is 0.177. The highest BCUT2D eigenvalue weighted by atomic mass is 16.4. The Kier molecular flexibility index (Phi) is 1.96. The average molecular weight is 236 g/mol. The molecule has 0 unspecified atom stereocenters. The SMILES string of the molecule is CC(C)(O)Cn1nc(C(=O)O)c2c1[C@@H]1C[C@@H]1C2. The van der Waals surface area contributed by atoms with Crippen molar-refractivity contribution in [2.24, 2.45) is 5.92 Å². The van der Waals surface area contributed by atoms with Crippen molar-refractivity contribution >= 4 is 5.97 Å². The van der Waals surface area contributed by atoms with Gasteiger partial charge in [-0.1, -0.05) is 0 Å². The molecule has 1 aromatic heterocycles. The van der Waals surface area contributed by atoms with E-state index in [1.807, 2.05) is 0 Å². The summed E-state index contributed by atoms with van der Waals surface area (Å²) in [4.78, 5) is 11.1. The molecular formula is C12H16N2O3. The Hall–Kier alpha value is -1.36. The third kappa shape index (κ3) is 1.65. The maximum Gasteiger partial charge on any atom is 0.356 e. The van der Waals surface area contributed by atoms with Gasteiger partial charge in [0.15, 0.2) is 5.69 Å². The molecule has 2 N–H and O–H groups in total. The van der Waals surface area contributed by atoms with E-state index in [-0.39, 0.29) is 5.69 Å². The maximum atomic E-state index is 11.1. The van der Waals surface area contributed by atoms with E-state index in [1.54, 1.807) is 18.5 Å². The zero-order chi connectivity index (χ0) is 12.4. The summed E-state index contributed by atoms with van der Waals surface area (Å²) in [5, 5.41) is 23.1. The number of aliphatic hydroxyl groups is 1. The third-order valence-corrected chi connectivity index (χ3v) is 3.57. The summed E-state index contributed by atoms with van der Waals surface area (Å²) in [6, 6.07) is 0. The fourth-order valence-corrected chi connectivity index (χ4v) is 2.86. The van der Waals surface area contributed by atoms with Crippen LogP contribution in [0, 0.1) is 5.92 Å². The topological polar surface area (TPSA) is 75.3 Å². The summed E-state index contributed by atoms with van der Waals surface area (Å²) in [7, 11) is 0. The van der Waals surface area contributed by atoms with Gasteiger partial charge in [-0.3, -0.25) is 4.68 Å². The lowest BCUT2D eigenvalue weighted by molar-refractivity contribution is 0.0555. The minimum Gasteiger partial charge on any atom is -0.476 e. The monoisotopic (exact) mass is 236 g/mol. The lowest BCUT2D eigenvalue weighted by atomic mass is 10.1. The van der Waals surface area contributed by atoms with Crippen LogP contribution in [0.4, 0.5) is 0 Å². The van der Waals surface area contributed by atoms with Crippen LogP contribution in [0.3, 0.4) is 0 Å². The van der Waals surface area contributed by atoms with Crippen LogP contribution >= 0.6 is 0 Å². The molecule has 0 aromatic carbocycles. The first-order valence-corrected chi connectivity index (χ1v) is 5.92. The average Bonchev–Trinajstić information content (AvgIpc) is 2.68. The molecular weight excluding hydrogens is 220 g/mol. The van der Waals surface area contributed by atoms with Crippen molar-refractivity contribution in [1.82, 2.24) is 9.78 Å². The predicted octanol–water partition coefficient (Wildman–Crippen LogP) is 1.01. The second-order valence-corrected chi connectivity index (χ2v) is 5.79. The van der Waals surface area contributed by atoms with Gasteiger partial charge in [0.05, 0.1) is 12.1 Å². The second-order valence-electron chi connectivity index (χ2n) is 5.79. The van der Waals surface area contributed by atoms with Gasteiger partial charge in [-0.25, -0.2) is 4.79 Å². The van der Waals surface area contributed by atoms with Crippen LogP contribution in [0.15, 0.2) is 0 Å². The molecule has 3 rings (SSSR count). The van der Waals surface area contributed by atoms with Crippen molar-refractivity contribution in [3.05, 3.63) is 17.0 Å². The molecule has 0 spiro atoms. The Bertz CT molecular complexity index is 499. The quantitative estimate of drug-likeness (QED) is 0.821. The first kappa shape index (κ1) is 10.8. The van der Waals surface area contributed by atoms with Crippen LogP contribution in [-0.2, 0) is 13.0 Å². The van der Waals surface area contributed by atoms with E-state index in [1.165, 1.54) is 0 Å². The van der Waals surface area contributed by atoms with Crippen LogP contribution in [-0.4, -0.2) is 31.6 Å². The molecule has 0 saturated heterocycles. The smallest absolute Gasteiger partial charge is 0.356 e. The lowest BCUT2D eigenvalue weighted by Gasteiger charge is -2.18. The van der Waals surface area contributed by atoms with Crippen LogP contribution in [0.2, 0.25) is 0 Å². The number of nitrogens with zero attached hydrogens (tertiary/aromatic N) is 2. The van der Waals surface area contributed by atoms with E-state index < -0.39 is 11.6 Å². The van der Waals surface area contributed by atoms with Gasteiger partial charge < -0.3 is 10.2 Å². The predicted molar refractivity (Wildman–Crippen MR) is 60.0 cm³/mol. The van der Waals surface area contributed by atoms with Crippen molar-refractivity contribution in [1.29, 1.82) is 0 Å². The van der Waals surface area contributed by atoms with E-state index in [9.17, 15) is 9.90 Å². The Balaban J connectivity index is 2.04. The Morgan fingerprint density at radius 2 is 2.29 bits per heavy atom. The van der Waals surface area contributed by atoms with Gasteiger partial charge in [0.25, 0.3) is 0 Å². The molecule has 1 aromatic rings. The lowest BCUT2D eigenvalue weighted by Crippen LogP contribution is -2.27. The third-order valence-electron chi connectivity index (χ3n) is 3.57. The largest absolute Gasteiger partial charge is 0.476 e. The number of aromatic carboxylic acids is 1. The summed E-state index contributed by atoms with van der Waals surface area (Å²) < 4.78 is 1.70. The molecule has 92 valence electrons. The van der Waals surface area contributed by atoms with E-state index in [4.69, 9.17) is 5.11 Å². The van der Waals surface area contributed by atoms with Crippen LogP contribution < -0.4 is 0 Å². The van der Waals surface area contributed by atoms with Crippen LogP contribution in [0.25, 0.3) is 0 Å². The Morgan fingerprint density at radius 1 is 1.59 bits per heavy atom. The molecule has 2 atom stereocenters. The van der Waals surface area contributed by atoms with Crippen molar-refractivity contribution in [2.75, 3.05) is 0 Å². The highest BCUT2D eigenvalue weighted by Crippen LogP contribution is 2.56. The number of carbonyl (C=O) groups is 1. The standard InChI is InChI=1S/C12H16N2O3/c1-12(2,17)5-14-10-7-3-6(7)4-8(10)9(13-14)11(15)16/h6-7,17H,3-5H2,1-2H3,(H,15,16)/t6-,7-/m1/s1. The van der Waals surface area contributed by atoms with E-state index in [0.29, 0.717) is 18.4 Å². The summed E-state index contributed by atoms with van der Waals surface area (Å²) in [6.45, 7) is 3.77. The maximum absolute atomic E-state index is 11.1. The number of carboxylic acids is 1. The van der Waals surface area contributed by atoms with Crippen molar-refractivity contribution in [3.8, 4) is 0 Å². The molecule has 0 bridgehead atoms. The first-order valence-electron chi connectivity index (χ1n) is 5.92. The number of hydrogen-bond donors (Lipinski definition) is 2. The van der Waals surface area contributed by atoms with Crippen molar-refractivity contribution < 1.29 is 15.0 Å². The summed E-state index contributed by atoms with van der Waals surface area (Å²) in [5.74, 6) is 0.138. The Labute approximate surface area is 99.1 Å².